The van der Waals surface area contributed by atoms with Crippen molar-refractivity contribution >= 4 is 23.0 Å². The van der Waals surface area contributed by atoms with E-state index in [-0.39, 0.29) is 18.1 Å². The first-order valence-corrected chi connectivity index (χ1v) is 8.45. The van der Waals surface area contributed by atoms with Crippen molar-refractivity contribution in [2.45, 2.75) is 33.3 Å². The van der Waals surface area contributed by atoms with Crippen LogP contribution in [0, 0.1) is 13.8 Å². The fourth-order valence-corrected chi connectivity index (χ4v) is 3.14. The third-order valence-electron chi connectivity index (χ3n) is 4.50. The zero-order valence-electron chi connectivity index (χ0n) is 15.2. The molecule has 0 saturated carbocycles. The molecule has 0 unspecified atom stereocenters. The Morgan fingerprint density at radius 3 is 2.80 bits per heavy atom. The van der Waals surface area contributed by atoms with Gasteiger partial charge >= 0.3 is 0 Å². The van der Waals surface area contributed by atoms with Crippen molar-refractivity contribution in [1.82, 2.24) is 0 Å². The molecular formula is C20H25N3O2. The molecule has 0 saturated heterocycles. The highest BCUT2D eigenvalue weighted by molar-refractivity contribution is 5.95. The molecule has 1 aliphatic rings. The van der Waals surface area contributed by atoms with E-state index in [1.54, 1.807) is 0 Å². The van der Waals surface area contributed by atoms with Crippen molar-refractivity contribution < 1.29 is 9.53 Å². The van der Waals surface area contributed by atoms with Crippen LogP contribution >= 0.6 is 0 Å². The van der Waals surface area contributed by atoms with Crippen molar-refractivity contribution in [3.63, 3.8) is 0 Å². The lowest BCUT2D eigenvalue weighted by atomic mass is 10.0. The van der Waals surface area contributed by atoms with Crippen LogP contribution in [0.3, 0.4) is 0 Å². The van der Waals surface area contributed by atoms with Crippen LogP contribution in [0.4, 0.5) is 17.1 Å². The van der Waals surface area contributed by atoms with Gasteiger partial charge in [0.25, 0.3) is 0 Å². The molecule has 0 spiro atoms. The molecule has 0 bridgehead atoms. The molecule has 1 aliphatic heterocycles. The number of hydrogen-bond acceptors (Lipinski definition) is 4. The van der Waals surface area contributed by atoms with Crippen molar-refractivity contribution in [3.05, 3.63) is 47.5 Å². The number of benzene rings is 2. The Morgan fingerprint density at radius 2 is 2.04 bits per heavy atom. The Kier molecular flexibility index (Phi) is 4.33. The summed E-state index contributed by atoms with van der Waals surface area (Å²) in [6, 6.07) is 11.5. The number of anilines is 3. The minimum absolute atomic E-state index is 0.0471. The van der Waals surface area contributed by atoms with Crippen molar-refractivity contribution in [2.24, 2.45) is 0 Å². The number of fused-ring (bicyclic) bond motifs is 1. The van der Waals surface area contributed by atoms with Gasteiger partial charge in [0.15, 0.2) is 0 Å². The van der Waals surface area contributed by atoms with Gasteiger partial charge in [-0.25, -0.2) is 0 Å². The molecule has 132 valence electrons. The number of amides is 1. The first-order valence-electron chi connectivity index (χ1n) is 8.45. The summed E-state index contributed by atoms with van der Waals surface area (Å²) in [5.41, 5.74) is 10.1. The van der Waals surface area contributed by atoms with E-state index in [0.29, 0.717) is 12.2 Å². The zero-order valence-corrected chi connectivity index (χ0v) is 15.2. The number of carbonyl (C=O) groups is 1. The fraction of sp³-hybridized carbons (Fsp3) is 0.350. The van der Waals surface area contributed by atoms with E-state index in [1.807, 2.05) is 69.0 Å². The molecule has 0 fully saturated rings. The van der Waals surface area contributed by atoms with Gasteiger partial charge in [0.2, 0.25) is 5.91 Å². The Labute approximate surface area is 148 Å². The van der Waals surface area contributed by atoms with E-state index in [4.69, 9.17) is 10.5 Å². The average Bonchev–Trinajstić information content (AvgIpc) is 2.50. The zero-order chi connectivity index (χ0) is 18.2. The van der Waals surface area contributed by atoms with Crippen molar-refractivity contribution in [2.75, 3.05) is 29.0 Å². The maximum Gasteiger partial charge on any atom is 0.243 e. The van der Waals surface area contributed by atoms with Crippen LogP contribution in [-0.2, 0) is 4.79 Å². The topological polar surface area (TPSA) is 67.6 Å². The van der Waals surface area contributed by atoms with Crippen LogP contribution in [0.5, 0.6) is 5.75 Å². The summed E-state index contributed by atoms with van der Waals surface area (Å²) >= 11 is 0. The maximum absolute atomic E-state index is 12.6. The second kappa shape index (κ2) is 6.31. The Morgan fingerprint density at radius 1 is 1.28 bits per heavy atom. The molecule has 2 aromatic rings. The van der Waals surface area contributed by atoms with E-state index in [9.17, 15) is 4.79 Å². The minimum atomic E-state index is -0.389. The normalized spacial score (nSPS) is 15.3. The molecule has 0 radical (unpaired) electrons. The quantitative estimate of drug-likeness (QED) is 0.840. The SMILES string of the molecule is Cc1cccc(NC(=O)CN2CC(C)(C)Oc3cc(N)ccc32)c1C. The highest BCUT2D eigenvalue weighted by Gasteiger charge is 2.32. The van der Waals surface area contributed by atoms with E-state index < -0.39 is 0 Å². The largest absolute Gasteiger partial charge is 0.484 e. The summed E-state index contributed by atoms with van der Waals surface area (Å²) in [6.45, 7) is 8.96. The van der Waals surface area contributed by atoms with Gasteiger partial charge in [-0.15, -0.1) is 0 Å². The van der Waals surface area contributed by atoms with Gasteiger partial charge in [-0.05, 0) is 57.0 Å². The van der Waals surface area contributed by atoms with Gasteiger partial charge in [0.1, 0.15) is 11.4 Å². The summed E-state index contributed by atoms with van der Waals surface area (Å²) in [5, 5.41) is 3.02. The van der Waals surface area contributed by atoms with Gasteiger partial charge < -0.3 is 20.7 Å². The molecule has 25 heavy (non-hydrogen) atoms. The molecule has 5 heteroatoms. The van der Waals surface area contributed by atoms with Crippen LogP contribution < -0.4 is 20.7 Å². The fourth-order valence-electron chi connectivity index (χ4n) is 3.14. The third kappa shape index (κ3) is 3.71. The first kappa shape index (κ1) is 17.1. The number of nitrogens with zero attached hydrogens (tertiary/aromatic N) is 1. The number of rotatable bonds is 3. The Hall–Kier alpha value is -2.69. The molecule has 3 N–H and O–H groups in total. The van der Waals surface area contributed by atoms with Gasteiger partial charge in [0, 0.05) is 17.4 Å². The molecule has 3 rings (SSSR count). The van der Waals surface area contributed by atoms with Crippen LogP contribution in [0.25, 0.3) is 0 Å². The lowest BCUT2D eigenvalue weighted by Gasteiger charge is -2.40. The second-order valence-corrected chi connectivity index (χ2v) is 7.24. The molecular weight excluding hydrogens is 314 g/mol. The molecule has 2 aromatic carbocycles. The van der Waals surface area contributed by atoms with E-state index >= 15 is 0 Å². The third-order valence-corrected chi connectivity index (χ3v) is 4.50. The number of nitrogens with two attached hydrogens (primary N) is 1. The first-order chi connectivity index (χ1) is 11.7. The summed E-state index contributed by atoms with van der Waals surface area (Å²) < 4.78 is 6.01. The highest BCUT2D eigenvalue weighted by Crippen LogP contribution is 2.38. The van der Waals surface area contributed by atoms with Gasteiger partial charge in [-0.3, -0.25) is 4.79 Å². The summed E-state index contributed by atoms with van der Waals surface area (Å²) in [4.78, 5) is 14.7. The molecule has 1 amide bonds. The van der Waals surface area contributed by atoms with Crippen molar-refractivity contribution in [3.8, 4) is 5.75 Å². The lowest BCUT2D eigenvalue weighted by molar-refractivity contribution is -0.115. The second-order valence-electron chi connectivity index (χ2n) is 7.24. The van der Waals surface area contributed by atoms with Gasteiger partial charge in [-0.1, -0.05) is 12.1 Å². The number of hydrogen-bond donors (Lipinski definition) is 2. The average molecular weight is 339 g/mol. The van der Waals surface area contributed by atoms with E-state index in [1.165, 1.54) is 0 Å². The summed E-state index contributed by atoms with van der Waals surface area (Å²) in [7, 11) is 0. The van der Waals surface area contributed by atoms with Crippen LogP contribution in [0.2, 0.25) is 0 Å². The number of nitrogen functional groups attached to an aromatic ring is 1. The van der Waals surface area contributed by atoms with Crippen LogP contribution in [-0.4, -0.2) is 24.6 Å². The minimum Gasteiger partial charge on any atom is -0.484 e. The Bertz CT molecular complexity index is 815. The van der Waals surface area contributed by atoms with Gasteiger partial charge in [0.05, 0.1) is 18.8 Å². The van der Waals surface area contributed by atoms with E-state index in [2.05, 4.69) is 5.32 Å². The molecule has 0 aliphatic carbocycles. The monoisotopic (exact) mass is 339 g/mol. The number of ether oxygens (including phenoxy) is 1. The smallest absolute Gasteiger partial charge is 0.243 e. The standard InChI is InChI=1S/C20H25N3O2/c1-13-6-5-7-16(14(13)2)22-19(24)11-23-12-20(3,4)25-18-10-15(21)8-9-17(18)23/h5-10H,11-12,21H2,1-4H3,(H,22,24). The number of carbonyl (C=O) groups excluding carboxylic acids is 1. The predicted molar refractivity (Wildman–Crippen MR) is 102 cm³/mol. The summed E-state index contributed by atoms with van der Waals surface area (Å²) in [5.74, 6) is 0.671. The van der Waals surface area contributed by atoms with Crippen LogP contribution in [0.1, 0.15) is 25.0 Å². The summed E-state index contributed by atoms with van der Waals surface area (Å²) in [6.07, 6.45) is 0. The molecule has 5 nitrogen and oxygen atoms in total. The Balaban J connectivity index is 1.80. The predicted octanol–water partition coefficient (Wildman–Crippen LogP) is 3.50. The lowest BCUT2D eigenvalue weighted by Crippen LogP contribution is -2.49. The molecule has 0 aromatic heterocycles. The molecule has 0 atom stereocenters. The molecule has 1 heterocycles. The van der Waals surface area contributed by atoms with E-state index in [0.717, 1.165) is 28.3 Å². The van der Waals surface area contributed by atoms with Crippen LogP contribution in [0.15, 0.2) is 36.4 Å². The number of nitrogens with one attached hydrogen (secondary N) is 1. The van der Waals surface area contributed by atoms with Gasteiger partial charge in [-0.2, -0.15) is 0 Å². The highest BCUT2D eigenvalue weighted by atomic mass is 16.5. The number of aryl methyl sites for hydroxylation is 1. The van der Waals surface area contributed by atoms with Crippen molar-refractivity contribution in [1.29, 1.82) is 0 Å². The maximum atomic E-state index is 12.6.